The van der Waals surface area contributed by atoms with Crippen molar-refractivity contribution in [1.82, 2.24) is 20.3 Å². The molecular formula is C22H27N5O3. The third kappa shape index (κ3) is 4.83. The highest BCUT2D eigenvalue weighted by Gasteiger charge is 2.26. The minimum Gasteiger partial charge on any atom is -0.441 e. The second-order valence-electron chi connectivity index (χ2n) is 7.70. The molecule has 8 heteroatoms. The van der Waals surface area contributed by atoms with Crippen LogP contribution in [-0.2, 0) is 9.53 Å². The number of aryl methyl sites for hydroxylation is 1. The minimum atomic E-state index is -0.00768. The van der Waals surface area contributed by atoms with Crippen LogP contribution in [0.15, 0.2) is 35.0 Å². The second-order valence-corrected chi connectivity index (χ2v) is 7.70. The molecule has 2 N–H and O–H groups in total. The van der Waals surface area contributed by atoms with E-state index >= 15 is 0 Å². The molecule has 4 rings (SSSR count). The van der Waals surface area contributed by atoms with E-state index in [9.17, 15) is 4.79 Å². The van der Waals surface area contributed by atoms with Crippen molar-refractivity contribution >= 4 is 22.8 Å². The molecule has 30 heavy (non-hydrogen) atoms. The number of ether oxygens (including phenoxy) is 1. The molecule has 1 aliphatic carbocycles. The molecule has 0 atom stereocenters. The lowest BCUT2D eigenvalue weighted by Crippen LogP contribution is -2.37. The summed E-state index contributed by atoms with van der Waals surface area (Å²) in [6, 6.07) is 6.26. The van der Waals surface area contributed by atoms with Gasteiger partial charge in [0.15, 0.2) is 11.7 Å². The largest absolute Gasteiger partial charge is 0.441 e. The summed E-state index contributed by atoms with van der Waals surface area (Å²) in [5, 5.41) is 7.27. The van der Waals surface area contributed by atoms with Gasteiger partial charge in [0.2, 0.25) is 11.9 Å². The van der Waals surface area contributed by atoms with Crippen LogP contribution in [-0.4, -0.2) is 47.2 Å². The Morgan fingerprint density at radius 2 is 2.03 bits per heavy atom. The highest BCUT2D eigenvalue weighted by Crippen LogP contribution is 2.27. The van der Waals surface area contributed by atoms with Gasteiger partial charge in [-0.15, -0.1) is 0 Å². The average molecular weight is 409 g/mol. The molecule has 1 fully saturated rings. The van der Waals surface area contributed by atoms with Gasteiger partial charge in [-0.1, -0.05) is 12.1 Å². The number of benzene rings is 1. The normalized spacial score (nSPS) is 19.1. The molecule has 0 unspecified atom stereocenters. The first-order valence-corrected chi connectivity index (χ1v) is 10.3. The van der Waals surface area contributed by atoms with Crippen molar-refractivity contribution in [3.8, 4) is 11.3 Å². The maximum atomic E-state index is 12.7. The zero-order chi connectivity index (χ0) is 20.9. The van der Waals surface area contributed by atoms with Gasteiger partial charge in [-0.05, 0) is 31.7 Å². The van der Waals surface area contributed by atoms with Crippen molar-refractivity contribution in [3.63, 3.8) is 0 Å². The van der Waals surface area contributed by atoms with Crippen LogP contribution in [0, 0.1) is 12.8 Å². The van der Waals surface area contributed by atoms with E-state index in [4.69, 9.17) is 9.15 Å². The molecule has 0 aliphatic heterocycles. The quantitative estimate of drug-likeness (QED) is 0.577. The topological polar surface area (TPSA) is 102 Å². The molecule has 0 saturated heterocycles. The molecule has 3 aromatic rings. The zero-order valence-corrected chi connectivity index (χ0v) is 17.4. The number of oxazole rings is 1. The molecule has 0 spiro atoms. The third-order valence-corrected chi connectivity index (χ3v) is 5.56. The van der Waals surface area contributed by atoms with Crippen LogP contribution in [0.2, 0.25) is 0 Å². The Bertz CT molecular complexity index is 1010. The number of fused-ring (bicyclic) bond motifs is 1. The number of aromatic nitrogens is 3. The van der Waals surface area contributed by atoms with Crippen molar-refractivity contribution in [1.29, 1.82) is 0 Å². The summed E-state index contributed by atoms with van der Waals surface area (Å²) in [6.45, 7) is 3.36. The fourth-order valence-corrected chi connectivity index (χ4v) is 3.87. The molecule has 2 aromatic heterocycles. The number of amides is 1. The van der Waals surface area contributed by atoms with Crippen molar-refractivity contribution in [2.45, 2.75) is 38.6 Å². The average Bonchev–Trinajstić information content (AvgIpc) is 3.20. The zero-order valence-electron chi connectivity index (χ0n) is 17.4. The Balaban J connectivity index is 1.39. The van der Waals surface area contributed by atoms with Crippen molar-refractivity contribution in [2.75, 3.05) is 25.6 Å². The summed E-state index contributed by atoms with van der Waals surface area (Å²) in [6.07, 6.45) is 7.11. The highest BCUT2D eigenvalue weighted by molar-refractivity contribution is 5.92. The van der Waals surface area contributed by atoms with Gasteiger partial charge in [-0.3, -0.25) is 10.1 Å². The molecule has 158 valence electrons. The van der Waals surface area contributed by atoms with Crippen molar-refractivity contribution < 1.29 is 13.9 Å². The Hall–Kier alpha value is -2.84. The maximum Gasteiger partial charge on any atom is 0.229 e. The van der Waals surface area contributed by atoms with Gasteiger partial charge in [0, 0.05) is 49.7 Å². The Morgan fingerprint density at radius 3 is 2.77 bits per heavy atom. The fraction of sp³-hybridized carbons (Fsp3) is 0.455. The number of carbonyl (C=O) groups is 1. The summed E-state index contributed by atoms with van der Waals surface area (Å²) in [5.74, 6) is 1.62. The van der Waals surface area contributed by atoms with Gasteiger partial charge >= 0.3 is 0 Å². The monoisotopic (exact) mass is 409 g/mol. The van der Waals surface area contributed by atoms with Gasteiger partial charge in [-0.2, -0.15) is 0 Å². The number of rotatable bonds is 7. The molecule has 1 amide bonds. The Labute approximate surface area is 175 Å². The summed E-state index contributed by atoms with van der Waals surface area (Å²) < 4.78 is 10.7. The number of hydrogen-bond acceptors (Lipinski definition) is 7. The van der Waals surface area contributed by atoms with Crippen LogP contribution < -0.4 is 10.6 Å². The fourth-order valence-electron chi connectivity index (χ4n) is 3.87. The first kappa shape index (κ1) is 20.4. The van der Waals surface area contributed by atoms with Gasteiger partial charge in [0.25, 0.3) is 0 Å². The molecule has 8 nitrogen and oxygen atoms in total. The van der Waals surface area contributed by atoms with Gasteiger partial charge in [0.05, 0.1) is 18.3 Å². The summed E-state index contributed by atoms with van der Waals surface area (Å²) in [7, 11) is 1.70. The van der Waals surface area contributed by atoms with E-state index in [2.05, 4.69) is 25.6 Å². The minimum absolute atomic E-state index is 0.00623. The molecule has 1 saturated carbocycles. The number of methoxy groups -OCH3 is 1. The smallest absolute Gasteiger partial charge is 0.229 e. The van der Waals surface area contributed by atoms with Crippen LogP contribution in [0.4, 0.5) is 5.95 Å². The van der Waals surface area contributed by atoms with E-state index in [1.165, 1.54) is 0 Å². The lowest BCUT2D eigenvalue weighted by Gasteiger charge is -2.28. The molecule has 0 radical (unpaired) electrons. The number of carbonyl (C=O) groups excluding carboxylic acids is 1. The summed E-state index contributed by atoms with van der Waals surface area (Å²) >= 11 is 0. The van der Waals surface area contributed by atoms with Crippen LogP contribution in [0.5, 0.6) is 0 Å². The van der Waals surface area contributed by atoms with Gasteiger partial charge < -0.3 is 14.5 Å². The maximum absolute atomic E-state index is 12.7. The molecule has 1 aromatic carbocycles. The summed E-state index contributed by atoms with van der Waals surface area (Å²) in [5.41, 5.74) is 1.64. The molecule has 1 aliphatic rings. The number of anilines is 1. The number of hydrogen-bond donors (Lipinski definition) is 2. The van der Waals surface area contributed by atoms with E-state index in [1.807, 2.05) is 25.1 Å². The summed E-state index contributed by atoms with van der Waals surface area (Å²) in [4.78, 5) is 25.7. The second kappa shape index (κ2) is 9.32. The first-order valence-electron chi connectivity index (χ1n) is 10.3. The molecular weight excluding hydrogens is 382 g/mol. The predicted octanol–water partition coefficient (Wildman–Crippen LogP) is 3.33. The van der Waals surface area contributed by atoms with E-state index in [0.717, 1.165) is 48.7 Å². The van der Waals surface area contributed by atoms with Gasteiger partial charge in [-0.25, -0.2) is 15.0 Å². The van der Waals surface area contributed by atoms with Crippen LogP contribution >= 0.6 is 0 Å². The Kier molecular flexibility index (Phi) is 6.35. The lowest BCUT2D eigenvalue weighted by atomic mass is 9.85. The van der Waals surface area contributed by atoms with Gasteiger partial charge in [0.1, 0.15) is 0 Å². The van der Waals surface area contributed by atoms with Crippen molar-refractivity contribution in [2.24, 2.45) is 5.92 Å². The van der Waals surface area contributed by atoms with E-state index in [0.29, 0.717) is 30.2 Å². The predicted molar refractivity (Wildman–Crippen MR) is 114 cm³/mol. The molecule has 2 heterocycles. The third-order valence-electron chi connectivity index (χ3n) is 5.56. The standard InChI is InChI=1S/C22H27N5O3/c1-14-24-13-20(30-14)16-3-4-17-12-25-22(26-19(17)11-16)27-21(28)15-5-7-18(8-6-15)23-9-10-29-2/h3-4,11-13,15,18,23H,5-10H2,1-2H3,(H,25,26,27,28)/t15-,18-. The number of nitrogens with one attached hydrogen (secondary N) is 2. The Morgan fingerprint density at radius 1 is 1.20 bits per heavy atom. The number of nitrogens with zero attached hydrogens (tertiary/aromatic N) is 3. The van der Waals surface area contributed by atoms with Crippen LogP contribution in [0.25, 0.3) is 22.2 Å². The lowest BCUT2D eigenvalue weighted by molar-refractivity contribution is -0.120. The SMILES string of the molecule is COCCN[C@H]1CC[C@H](C(=O)Nc2ncc3ccc(-c4cnc(C)o4)cc3n2)CC1. The van der Waals surface area contributed by atoms with Crippen LogP contribution in [0.3, 0.4) is 0 Å². The van der Waals surface area contributed by atoms with Crippen LogP contribution in [0.1, 0.15) is 31.6 Å². The van der Waals surface area contributed by atoms with E-state index in [1.54, 1.807) is 19.5 Å². The highest BCUT2D eigenvalue weighted by atomic mass is 16.5. The van der Waals surface area contributed by atoms with E-state index < -0.39 is 0 Å². The first-order chi connectivity index (χ1) is 14.6. The van der Waals surface area contributed by atoms with Crippen molar-refractivity contribution in [3.05, 3.63) is 36.5 Å². The molecule has 0 bridgehead atoms. The van der Waals surface area contributed by atoms with E-state index in [-0.39, 0.29) is 11.8 Å².